The molecule has 0 unspecified atom stereocenters. The molecule has 100 valence electrons. The van der Waals surface area contributed by atoms with E-state index in [-0.39, 0.29) is 24.0 Å². The summed E-state index contributed by atoms with van der Waals surface area (Å²) in [6.45, 7) is 0.0481. The maximum atomic E-state index is 11.0. The monoisotopic (exact) mass is 301 g/mol. The van der Waals surface area contributed by atoms with Crippen LogP contribution in [0.1, 0.15) is 16.2 Å². The van der Waals surface area contributed by atoms with Gasteiger partial charge in [-0.05, 0) is 18.2 Å². The Morgan fingerprint density at radius 2 is 2.16 bits per heavy atom. The SMILES string of the molecule is COCc1nc(-c2ccc(Cl)c(Cl)c2)oc1C(=O)O. The van der Waals surface area contributed by atoms with Crippen LogP contribution in [0.2, 0.25) is 10.0 Å². The van der Waals surface area contributed by atoms with E-state index in [2.05, 4.69) is 4.98 Å². The Morgan fingerprint density at radius 3 is 2.74 bits per heavy atom. The fraction of sp³-hybridized carbons (Fsp3) is 0.167. The van der Waals surface area contributed by atoms with Gasteiger partial charge in [0.05, 0.1) is 16.7 Å². The molecule has 0 bridgehead atoms. The minimum Gasteiger partial charge on any atom is -0.475 e. The van der Waals surface area contributed by atoms with Gasteiger partial charge in [0.25, 0.3) is 0 Å². The summed E-state index contributed by atoms with van der Waals surface area (Å²) in [6, 6.07) is 4.78. The van der Waals surface area contributed by atoms with Crippen LogP contribution in [-0.2, 0) is 11.3 Å². The van der Waals surface area contributed by atoms with Crippen LogP contribution in [0.4, 0.5) is 0 Å². The number of aromatic nitrogens is 1. The van der Waals surface area contributed by atoms with E-state index < -0.39 is 5.97 Å². The van der Waals surface area contributed by atoms with Gasteiger partial charge in [0, 0.05) is 12.7 Å². The van der Waals surface area contributed by atoms with Crippen molar-refractivity contribution in [3.8, 4) is 11.5 Å². The first-order chi connectivity index (χ1) is 9.02. The number of hydrogen-bond donors (Lipinski definition) is 1. The molecule has 0 saturated carbocycles. The molecule has 1 aromatic heterocycles. The number of carbonyl (C=O) groups is 1. The normalized spacial score (nSPS) is 10.7. The highest BCUT2D eigenvalue weighted by Crippen LogP contribution is 2.29. The Kier molecular flexibility index (Phi) is 4.09. The minimum atomic E-state index is -1.20. The summed E-state index contributed by atoms with van der Waals surface area (Å²) < 4.78 is 10.1. The number of carboxylic acids is 1. The molecule has 1 N–H and O–H groups in total. The largest absolute Gasteiger partial charge is 0.475 e. The molecular weight excluding hydrogens is 293 g/mol. The van der Waals surface area contributed by atoms with Gasteiger partial charge in [0.15, 0.2) is 0 Å². The maximum absolute atomic E-state index is 11.0. The number of methoxy groups -OCH3 is 1. The van der Waals surface area contributed by atoms with Gasteiger partial charge in [0.1, 0.15) is 5.69 Å². The Morgan fingerprint density at radius 1 is 1.42 bits per heavy atom. The second-order valence-electron chi connectivity index (χ2n) is 3.66. The van der Waals surface area contributed by atoms with Gasteiger partial charge in [-0.3, -0.25) is 0 Å². The lowest BCUT2D eigenvalue weighted by Crippen LogP contribution is -2.00. The van der Waals surface area contributed by atoms with E-state index in [0.717, 1.165) is 0 Å². The second-order valence-corrected chi connectivity index (χ2v) is 4.48. The predicted molar refractivity (Wildman–Crippen MR) is 69.6 cm³/mol. The number of oxazole rings is 1. The molecule has 0 atom stereocenters. The minimum absolute atomic E-state index is 0.0481. The zero-order valence-corrected chi connectivity index (χ0v) is 11.3. The molecule has 2 aromatic rings. The van der Waals surface area contributed by atoms with Gasteiger partial charge in [-0.2, -0.15) is 0 Å². The van der Waals surface area contributed by atoms with E-state index >= 15 is 0 Å². The highest BCUT2D eigenvalue weighted by Gasteiger charge is 2.20. The van der Waals surface area contributed by atoms with Gasteiger partial charge in [0.2, 0.25) is 11.7 Å². The number of benzene rings is 1. The summed E-state index contributed by atoms with van der Waals surface area (Å²) in [7, 11) is 1.44. The highest BCUT2D eigenvalue weighted by molar-refractivity contribution is 6.42. The van der Waals surface area contributed by atoms with E-state index in [4.69, 9.17) is 37.5 Å². The summed E-state index contributed by atoms with van der Waals surface area (Å²) in [5.41, 5.74) is 0.760. The van der Waals surface area contributed by atoms with E-state index in [1.165, 1.54) is 7.11 Å². The molecule has 0 amide bonds. The van der Waals surface area contributed by atoms with Crippen molar-refractivity contribution in [3.05, 3.63) is 39.7 Å². The lowest BCUT2D eigenvalue weighted by Gasteiger charge is -1.98. The van der Waals surface area contributed by atoms with Crippen LogP contribution in [-0.4, -0.2) is 23.2 Å². The molecule has 0 aliphatic heterocycles. The highest BCUT2D eigenvalue weighted by atomic mass is 35.5. The number of hydrogen-bond acceptors (Lipinski definition) is 4. The molecular formula is C12H9Cl2NO4. The average molecular weight is 302 g/mol. The molecule has 2 rings (SSSR count). The number of nitrogens with zero attached hydrogens (tertiary/aromatic N) is 1. The van der Waals surface area contributed by atoms with E-state index in [1.807, 2.05) is 0 Å². The van der Waals surface area contributed by atoms with Gasteiger partial charge < -0.3 is 14.3 Å². The van der Waals surface area contributed by atoms with Crippen LogP contribution in [0.15, 0.2) is 22.6 Å². The van der Waals surface area contributed by atoms with Gasteiger partial charge >= 0.3 is 5.97 Å². The lowest BCUT2D eigenvalue weighted by molar-refractivity contribution is 0.0656. The Balaban J connectivity index is 2.47. The van der Waals surface area contributed by atoms with Crippen molar-refractivity contribution in [3.63, 3.8) is 0 Å². The number of ether oxygens (including phenoxy) is 1. The average Bonchev–Trinajstić information content (AvgIpc) is 2.77. The van der Waals surface area contributed by atoms with Gasteiger partial charge in [-0.25, -0.2) is 9.78 Å². The standard InChI is InChI=1S/C12H9Cl2NO4/c1-18-5-9-10(12(16)17)19-11(15-9)6-2-3-7(13)8(14)4-6/h2-4H,5H2,1H3,(H,16,17). The van der Waals surface area contributed by atoms with Gasteiger partial charge in [-0.1, -0.05) is 23.2 Å². The molecule has 0 fully saturated rings. The third-order valence-corrected chi connectivity index (χ3v) is 3.08. The summed E-state index contributed by atoms with van der Waals surface area (Å²) >= 11 is 11.7. The van der Waals surface area contributed by atoms with Crippen LogP contribution in [0.25, 0.3) is 11.5 Å². The quantitative estimate of drug-likeness (QED) is 0.936. The van der Waals surface area contributed by atoms with Crippen molar-refractivity contribution in [1.29, 1.82) is 0 Å². The van der Waals surface area contributed by atoms with Crippen LogP contribution < -0.4 is 0 Å². The topological polar surface area (TPSA) is 72.6 Å². The zero-order valence-electron chi connectivity index (χ0n) is 9.81. The fourth-order valence-electron chi connectivity index (χ4n) is 1.51. The molecule has 7 heteroatoms. The molecule has 0 aliphatic rings. The fourth-order valence-corrected chi connectivity index (χ4v) is 1.80. The van der Waals surface area contributed by atoms with Gasteiger partial charge in [-0.15, -0.1) is 0 Å². The van der Waals surface area contributed by atoms with Crippen molar-refractivity contribution in [1.82, 2.24) is 4.98 Å². The van der Waals surface area contributed by atoms with Crippen LogP contribution in [0, 0.1) is 0 Å². The third-order valence-electron chi connectivity index (χ3n) is 2.34. The first kappa shape index (κ1) is 13.9. The molecule has 0 saturated heterocycles. The van der Waals surface area contributed by atoms with Crippen molar-refractivity contribution in [2.75, 3.05) is 7.11 Å². The Labute approximate surface area is 118 Å². The number of halogens is 2. The van der Waals surface area contributed by atoms with Crippen molar-refractivity contribution >= 4 is 29.2 Å². The molecule has 19 heavy (non-hydrogen) atoms. The molecule has 0 aliphatic carbocycles. The summed E-state index contributed by atoms with van der Waals surface area (Å²) in [4.78, 5) is 15.1. The van der Waals surface area contributed by atoms with Crippen molar-refractivity contribution in [2.24, 2.45) is 0 Å². The van der Waals surface area contributed by atoms with E-state index in [1.54, 1.807) is 18.2 Å². The van der Waals surface area contributed by atoms with Crippen LogP contribution in [0.5, 0.6) is 0 Å². The molecule has 1 aromatic carbocycles. The second kappa shape index (κ2) is 5.61. The molecule has 5 nitrogen and oxygen atoms in total. The third kappa shape index (κ3) is 2.89. The van der Waals surface area contributed by atoms with Crippen molar-refractivity contribution in [2.45, 2.75) is 6.61 Å². The zero-order chi connectivity index (χ0) is 14.0. The maximum Gasteiger partial charge on any atom is 0.373 e. The van der Waals surface area contributed by atoms with Crippen LogP contribution >= 0.6 is 23.2 Å². The Hall–Kier alpha value is -1.56. The van der Waals surface area contributed by atoms with Crippen LogP contribution in [0.3, 0.4) is 0 Å². The summed E-state index contributed by atoms with van der Waals surface area (Å²) in [6.07, 6.45) is 0. The van der Waals surface area contributed by atoms with E-state index in [0.29, 0.717) is 15.6 Å². The first-order valence-electron chi connectivity index (χ1n) is 5.20. The number of aromatic carboxylic acids is 1. The summed E-state index contributed by atoms with van der Waals surface area (Å²) in [5, 5.41) is 9.75. The summed E-state index contributed by atoms with van der Waals surface area (Å²) in [5.74, 6) is -1.29. The molecule has 1 heterocycles. The van der Waals surface area contributed by atoms with Crippen molar-refractivity contribution < 1.29 is 19.1 Å². The molecule has 0 radical (unpaired) electrons. The number of rotatable bonds is 4. The lowest BCUT2D eigenvalue weighted by atomic mass is 10.2. The smallest absolute Gasteiger partial charge is 0.373 e. The first-order valence-corrected chi connectivity index (χ1v) is 5.96. The number of carboxylic acid groups (broad SMARTS) is 1. The van der Waals surface area contributed by atoms with E-state index in [9.17, 15) is 4.79 Å². The molecule has 0 spiro atoms. The Bertz CT molecular complexity index is 624. The predicted octanol–water partition coefficient (Wildman–Crippen LogP) is 3.49.